The number of benzene rings is 1. The molecule has 1 aromatic carbocycles. The van der Waals surface area contributed by atoms with Crippen molar-refractivity contribution in [1.29, 1.82) is 0 Å². The van der Waals surface area contributed by atoms with Crippen LogP contribution in [0.3, 0.4) is 0 Å². The number of nitrogens with zero attached hydrogens (tertiary/aromatic N) is 2. The highest BCUT2D eigenvalue weighted by atomic mass is 16.5. The topological polar surface area (TPSA) is 17.4 Å². The molecule has 3 rings (SSSR count). The molecule has 108 valence electrons. The minimum Gasteiger partial charge on any atom is -0.370 e. The van der Waals surface area contributed by atoms with Crippen molar-refractivity contribution in [3.05, 3.63) is 35.5 Å². The Kier molecular flexibility index (Phi) is 3.35. The van der Waals surface area contributed by atoms with Gasteiger partial charge >= 0.3 is 0 Å². The molecule has 0 saturated heterocycles. The number of para-hydroxylation sites is 1. The monoisotopic (exact) mass is 272 g/mol. The summed E-state index contributed by atoms with van der Waals surface area (Å²) in [5, 5.41) is 1.35. The van der Waals surface area contributed by atoms with E-state index in [1.807, 2.05) is 0 Å². The van der Waals surface area contributed by atoms with Crippen molar-refractivity contribution in [2.45, 2.75) is 25.4 Å². The van der Waals surface area contributed by atoms with Gasteiger partial charge in [0.25, 0.3) is 0 Å². The molecule has 3 nitrogen and oxygen atoms in total. The van der Waals surface area contributed by atoms with Crippen LogP contribution < -0.4 is 0 Å². The Bertz CT molecular complexity index is 629. The van der Waals surface area contributed by atoms with Crippen molar-refractivity contribution >= 4 is 10.9 Å². The average molecular weight is 272 g/mol. The van der Waals surface area contributed by atoms with E-state index in [1.54, 1.807) is 0 Å². The van der Waals surface area contributed by atoms with Crippen molar-refractivity contribution < 1.29 is 4.74 Å². The summed E-state index contributed by atoms with van der Waals surface area (Å²) in [7, 11) is 6.42. The minimum atomic E-state index is -0.168. The standard InChI is InChI=1S/C17H24N2O/c1-17(10-11-18(2)3)16-13-7-5-6-8-14(13)19(4)15(16)9-12-20-17/h5-8H,9-12H2,1-4H3. The second-order valence-electron chi connectivity index (χ2n) is 6.28. The zero-order valence-corrected chi connectivity index (χ0v) is 12.9. The first-order valence-corrected chi connectivity index (χ1v) is 7.38. The van der Waals surface area contributed by atoms with Crippen LogP contribution in [0.15, 0.2) is 24.3 Å². The Morgan fingerprint density at radius 2 is 2.05 bits per heavy atom. The summed E-state index contributed by atoms with van der Waals surface area (Å²) in [6, 6.07) is 8.69. The Morgan fingerprint density at radius 3 is 2.80 bits per heavy atom. The highest BCUT2D eigenvalue weighted by molar-refractivity contribution is 5.86. The molecule has 0 fully saturated rings. The number of hydrogen-bond acceptors (Lipinski definition) is 2. The van der Waals surface area contributed by atoms with Crippen LogP contribution in [0.1, 0.15) is 24.6 Å². The maximum Gasteiger partial charge on any atom is 0.0939 e. The summed E-state index contributed by atoms with van der Waals surface area (Å²) in [6.07, 6.45) is 2.04. The van der Waals surface area contributed by atoms with Crippen LogP contribution in [0.25, 0.3) is 10.9 Å². The van der Waals surface area contributed by atoms with Gasteiger partial charge in [-0.1, -0.05) is 18.2 Å². The van der Waals surface area contributed by atoms with Gasteiger partial charge < -0.3 is 14.2 Å². The van der Waals surface area contributed by atoms with Crippen LogP contribution in [0, 0.1) is 0 Å². The zero-order valence-electron chi connectivity index (χ0n) is 12.9. The van der Waals surface area contributed by atoms with Crippen LogP contribution in [-0.4, -0.2) is 36.7 Å². The number of rotatable bonds is 3. The third-order valence-electron chi connectivity index (χ3n) is 4.55. The predicted octanol–water partition coefficient (Wildman–Crippen LogP) is 2.92. The molecule has 20 heavy (non-hydrogen) atoms. The van der Waals surface area contributed by atoms with Gasteiger partial charge in [0.15, 0.2) is 0 Å². The summed E-state index contributed by atoms with van der Waals surface area (Å²) in [5.74, 6) is 0. The molecule has 1 aromatic heterocycles. The fourth-order valence-corrected chi connectivity index (χ4v) is 3.41. The van der Waals surface area contributed by atoms with E-state index in [4.69, 9.17) is 4.74 Å². The van der Waals surface area contributed by atoms with Gasteiger partial charge in [0.1, 0.15) is 0 Å². The Morgan fingerprint density at radius 1 is 1.30 bits per heavy atom. The number of aromatic nitrogens is 1. The fourth-order valence-electron chi connectivity index (χ4n) is 3.41. The molecule has 0 bridgehead atoms. The highest BCUT2D eigenvalue weighted by Gasteiger charge is 2.36. The normalized spacial score (nSPS) is 22.4. The first kappa shape index (κ1) is 13.7. The van der Waals surface area contributed by atoms with Crippen molar-refractivity contribution in [2.75, 3.05) is 27.2 Å². The molecule has 2 heterocycles. The number of aryl methyl sites for hydroxylation is 1. The number of ether oxygens (including phenoxy) is 1. The van der Waals surface area contributed by atoms with Crippen molar-refractivity contribution in [3.63, 3.8) is 0 Å². The maximum atomic E-state index is 6.22. The van der Waals surface area contributed by atoms with Crippen molar-refractivity contribution in [1.82, 2.24) is 9.47 Å². The molecule has 1 aliphatic heterocycles. The number of hydrogen-bond donors (Lipinski definition) is 0. The molecule has 3 heteroatoms. The lowest BCUT2D eigenvalue weighted by Crippen LogP contribution is -2.35. The molecule has 0 N–H and O–H groups in total. The van der Waals surface area contributed by atoms with Crippen LogP contribution in [0.2, 0.25) is 0 Å². The van der Waals surface area contributed by atoms with E-state index in [1.165, 1.54) is 22.2 Å². The second kappa shape index (κ2) is 4.90. The van der Waals surface area contributed by atoms with Crippen molar-refractivity contribution in [3.8, 4) is 0 Å². The first-order chi connectivity index (χ1) is 9.53. The van der Waals surface area contributed by atoms with Crippen LogP contribution in [0.4, 0.5) is 0 Å². The van der Waals surface area contributed by atoms with Gasteiger partial charge in [0, 0.05) is 42.2 Å². The molecule has 1 unspecified atom stereocenters. The molecular weight excluding hydrogens is 248 g/mol. The quantitative estimate of drug-likeness (QED) is 0.855. The molecule has 2 aromatic rings. The molecule has 1 atom stereocenters. The van der Waals surface area contributed by atoms with Gasteiger partial charge in [-0.2, -0.15) is 0 Å². The minimum absolute atomic E-state index is 0.168. The van der Waals surface area contributed by atoms with Crippen molar-refractivity contribution in [2.24, 2.45) is 7.05 Å². The molecule has 0 saturated carbocycles. The molecule has 0 aliphatic carbocycles. The molecular formula is C17H24N2O. The predicted molar refractivity (Wildman–Crippen MR) is 83.1 cm³/mol. The van der Waals surface area contributed by atoms with Gasteiger partial charge in [-0.05, 0) is 33.5 Å². The third kappa shape index (κ3) is 2.05. The Labute approximate surface area is 121 Å². The van der Waals surface area contributed by atoms with E-state index in [2.05, 4.69) is 61.8 Å². The smallest absolute Gasteiger partial charge is 0.0939 e. The lowest BCUT2D eigenvalue weighted by molar-refractivity contribution is -0.0551. The third-order valence-corrected chi connectivity index (χ3v) is 4.55. The van der Waals surface area contributed by atoms with Gasteiger partial charge in [-0.3, -0.25) is 0 Å². The number of fused-ring (bicyclic) bond motifs is 3. The summed E-state index contributed by atoms with van der Waals surface area (Å²) < 4.78 is 8.57. The van der Waals surface area contributed by atoms with E-state index in [0.29, 0.717) is 0 Å². The summed E-state index contributed by atoms with van der Waals surface area (Å²) >= 11 is 0. The highest BCUT2D eigenvalue weighted by Crippen LogP contribution is 2.41. The molecule has 0 radical (unpaired) electrons. The van der Waals surface area contributed by atoms with Gasteiger partial charge in [0.2, 0.25) is 0 Å². The average Bonchev–Trinajstić information content (AvgIpc) is 2.73. The van der Waals surface area contributed by atoms with E-state index < -0.39 is 0 Å². The van der Waals surface area contributed by atoms with Gasteiger partial charge in [-0.25, -0.2) is 0 Å². The van der Waals surface area contributed by atoms with Crippen LogP contribution in [0.5, 0.6) is 0 Å². The lowest BCUT2D eigenvalue weighted by atomic mass is 9.87. The summed E-state index contributed by atoms with van der Waals surface area (Å²) in [6.45, 7) is 4.11. The molecule has 0 amide bonds. The summed E-state index contributed by atoms with van der Waals surface area (Å²) in [4.78, 5) is 2.23. The fraction of sp³-hybridized carbons (Fsp3) is 0.529. The first-order valence-electron chi connectivity index (χ1n) is 7.38. The second-order valence-corrected chi connectivity index (χ2v) is 6.28. The van der Waals surface area contributed by atoms with Crippen LogP contribution in [-0.2, 0) is 23.8 Å². The summed E-state index contributed by atoms with van der Waals surface area (Å²) in [5.41, 5.74) is 4.00. The van der Waals surface area contributed by atoms with E-state index >= 15 is 0 Å². The van der Waals surface area contributed by atoms with E-state index in [0.717, 1.165) is 26.0 Å². The largest absolute Gasteiger partial charge is 0.370 e. The van der Waals surface area contributed by atoms with Gasteiger partial charge in [0.05, 0.1) is 12.2 Å². The Balaban J connectivity index is 2.14. The lowest BCUT2D eigenvalue weighted by Gasteiger charge is -2.36. The molecule has 1 aliphatic rings. The SMILES string of the molecule is CN(C)CCC1(C)OCCc2c1c1ccccc1n2C. The van der Waals surface area contributed by atoms with Crippen LogP contribution >= 0.6 is 0 Å². The van der Waals surface area contributed by atoms with Gasteiger partial charge in [-0.15, -0.1) is 0 Å². The zero-order chi connectivity index (χ0) is 14.3. The Hall–Kier alpha value is -1.32. The van der Waals surface area contributed by atoms with E-state index in [-0.39, 0.29) is 5.60 Å². The van der Waals surface area contributed by atoms with E-state index in [9.17, 15) is 0 Å². The maximum absolute atomic E-state index is 6.22. The molecule has 0 spiro atoms.